The molecular weight excluding hydrogens is 682 g/mol. The maximum absolute atomic E-state index is 11.2. The lowest BCUT2D eigenvalue weighted by Crippen LogP contribution is -2.59. The molecule has 6 aromatic rings. The minimum Gasteiger partial charge on any atom is -0.463 e. The summed E-state index contributed by atoms with van der Waals surface area (Å²) in [6, 6.07) is 39.7. The fourth-order valence-corrected chi connectivity index (χ4v) is 7.48. The highest BCUT2D eigenvalue weighted by Crippen LogP contribution is 2.40. The van der Waals surface area contributed by atoms with Crippen LogP contribution in [-0.2, 0) is 45.2 Å². The van der Waals surface area contributed by atoms with Gasteiger partial charge in [-0.1, -0.05) is 115 Å². The van der Waals surface area contributed by atoms with Gasteiger partial charge in [-0.25, -0.2) is 4.98 Å². The number of hydrogen-bond donors (Lipinski definition) is 1. The van der Waals surface area contributed by atoms with Crippen LogP contribution in [0.4, 0.5) is 0 Å². The molecule has 0 aliphatic carbocycles. The van der Waals surface area contributed by atoms with Crippen LogP contribution in [0.15, 0.2) is 138 Å². The van der Waals surface area contributed by atoms with Gasteiger partial charge < -0.3 is 28.5 Å². The SMILES string of the molecule is CC(O)C1OC(c2ccc(Cl)c(Cc3ncc(-c4ccco4)s3)c2)C(OCc2ccccc2)C(OCc2ccccc2)C1OCc1ccccc1. The van der Waals surface area contributed by atoms with Crippen LogP contribution in [0.2, 0.25) is 5.02 Å². The van der Waals surface area contributed by atoms with Crippen LogP contribution < -0.4 is 0 Å². The Morgan fingerprint density at radius 3 is 1.90 bits per heavy atom. The lowest BCUT2D eigenvalue weighted by molar-refractivity contribution is -0.281. The van der Waals surface area contributed by atoms with Crippen LogP contribution in [0.5, 0.6) is 0 Å². The topological polar surface area (TPSA) is 83.2 Å². The van der Waals surface area contributed by atoms with Gasteiger partial charge in [0.05, 0.1) is 42.1 Å². The van der Waals surface area contributed by atoms with Crippen molar-refractivity contribution in [1.82, 2.24) is 4.98 Å². The molecule has 4 aromatic carbocycles. The molecule has 1 N–H and O–H groups in total. The Kier molecular flexibility index (Phi) is 11.7. The van der Waals surface area contributed by atoms with Crippen LogP contribution in [0, 0.1) is 0 Å². The molecule has 0 spiro atoms. The molecule has 6 unspecified atom stereocenters. The summed E-state index contributed by atoms with van der Waals surface area (Å²) in [5, 5.41) is 12.8. The first-order valence-corrected chi connectivity index (χ1v) is 18.3. The van der Waals surface area contributed by atoms with E-state index in [-0.39, 0.29) is 0 Å². The molecule has 1 fully saturated rings. The molecule has 0 saturated carbocycles. The average molecular weight is 722 g/mol. The van der Waals surface area contributed by atoms with Crippen molar-refractivity contribution in [3.05, 3.63) is 172 Å². The Bertz CT molecular complexity index is 1940. The number of aliphatic hydroxyl groups is 1. The van der Waals surface area contributed by atoms with Crippen molar-refractivity contribution in [2.24, 2.45) is 0 Å². The molecule has 1 aliphatic heterocycles. The van der Waals surface area contributed by atoms with E-state index in [0.29, 0.717) is 31.3 Å². The van der Waals surface area contributed by atoms with Gasteiger partial charge in [0.1, 0.15) is 36.3 Å². The van der Waals surface area contributed by atoms with E-state index in [0.717, 1.165) is 43.5 Å². The highest BCUT2D eigenvalue weighted by Gasteiger charge is 2.50. The van der Waals surface area contributed by atoms with Crippen LogP contribution in [-0.4, -0.2) is 40.6 Å². The molecule has 6 atom stereocenters. The third-order valence-corrected chi connectivity index (χ3v) is 10.3. The van der Waals surface area contributed by atoms with Gasteiger partial charge in [-0.05, 0) is 52.9 Å². The number of aliphatic hydroxyl groups excluding tert-OH is 1. The van der Waals surface area contributed by atoms with Gasteiger partial charge in [-0.2, -0.15) is 0 Å². The predicted octanol–water partition coefficient (Wildman–Crippen LogP) is 9.22. The van der Waals surface area contributed by atoms with Gasteiger partial charge in [0.25, 0.3) is 0 Å². The Morgan fingerprint density at radius 2 is 1.33 bits per heavy atom. The number of benzene rings is 4. The first-order chi connectivity index (χ1) is 25.0. The van der Waals surface area contributed by atoms with Gasteiger partial charge in [0.15, 0.2) is 0 Å². The lowest BCUT2D eigenvalue weighted by Gasteiger charge is -2.47. The molecule has 3 heterocycles. The molecule has 262 valence electrons. The van der Waals surface area contributed by atoms with E-state index in [9.17, 15) is 5.11 Å². The van der Waals surface area contributed by atoms with Crippen LogP contribution in [0.3, 0.4) is 0 Å². The molecule has 7 nitrogen and oxygen atoms in total. The van der Waals surface area contributed by atoms with Gasteiger partial charge in [-0.15, -0.1) is 11.3 Å². The van der Waals surface area contributed by atoms with E-state index < -0.39 is 36.6 Å². The van der Waals surface area contributed by atoms with Crippen LogP contribution >= 0.6 is 22.9 Å². The Hall–Kier alpha value is -4.12. The van der Waals surface area contributed by atoms with Gasteiger partial charge in [-0.3, -0.25) is 0 Å². The number of aromatic nitrogens is 1. The minimum atomic E-state index is -0.867. The largest absolute Gasteiger partial charge is 0.463 e. The van der Waals surface area contributed by atoms with Crippen molar-refractivity contribution in [2.75, 3.05) is 0 Å². The second-order valence-electron chi connectivity index (χ2n) is 12.7. The molecule has 0 amide bonds. The second kappa shape index (κ2) is 16.9. The summed E-state index contributed by atoms with van der Waals surface area (Å²) >= 11 is 8.38. The van der Waals surface area contributed by atoms with E-state index in [1.54, 1.807) is 24.5 Å². The summed E-state index contributed by atoms with van der Waals surface area (Å²) in [7, 11) is 0. The predicted molar refractivity (Wildman–Crippen MR) is 198 cm³/mol. The number of nitrogens with zero attached hydrogens (tertiary/aromatic N) is 1. The quantitative estimate of drug-likeness (QED) is 0.120. The van der Waals surface area contributed by atoms with Crippen molar-refractivity contribution in [3.8, 4) is 10.6 Å². The first kappa shape index (κ1) is 35.3. The fourth-order valence-electron chi connectivity index (χ4n) is 6.38. The number of thiazole rings is 1. The number of hydrogen-bond acceptors (Lipinski definition) is 8. The summed E-state index contributed by atoms with van der Waals surface area (Å²) < 4.78 is 32.7. The summed E-state index contributed by atoms with van der Waals surface area (Å²) in [5.41, 5.74) is 4.80. The summed E-state index contributed by atoms with van der Waals surface area (Å²) in [6.07, 6.45) is -0.0515. The van der Waals surface area contributed by atoms with E-state index in [4.69, 9.17) is 35.0 Å². The Labute approximate surface area is 307 Å². The Morgan fingerprint density at radius 1 is 0.745 bits per heavy atom. The second-order valence-corrected chi connectivity index (χ2v) is 14.2. The molecule has 1 aliphatic rings. The molecule has 51 heavy (non-hydrogen) atoms. The number of halogens is 1. The van der Waals surface area contributed by atoms with Crippen molar-refractivity contribution in [2.45, 2.75) is 69.8 Å². The Balaban J connectivity index is 1.24. The zero-order valence-electron chi connectivity index (χ0n) is 28.2. The van der Waals surface area contributed by atoms with Crippen molar-refractivity contribution in [1.29, 1.82) is 0 Å². The highest BCUT2D eigenvalue weighted by atomic mass is 35.5. The normalized spacial score (nSPS) is 21.0. The van der Waals surface area contributed by atoms with Crippen molar-refractivity contribution < 1.29 is 28.5 Å². The summed E-state index contributed by atoms with van der Waals surface area (Å²) in [6.45, 7) is 2.70. The van der Waals surface area contributed by atoms with Gasteiger partial charge in [0.2, 0.25) is 0 Å². The zero-order valence-corrected chi connectivity index (χ0v) is 29.8. The van der Waals surface area contributed by atoms with Crippen molar-refractivity contribution in [3.63, 3.8) is 0 Å². The standard InChI is InChI=1S/C42H40ClNO6S/c1-28(45)38-40(47-25-29-12-5-2-6-13-29)42(49-27-31-16-9-4-10-17-31)41(48-26-30-14-7-3-8-15-30)39(50-38)32-19-20-34(43)33(22-32)23-37-44-24-36(51-37)35-18-11-21-46-35/h2-22,24,28,38-42,45H,23,25-27H2,1H3. The third-order valence-electron chi connectivity index (χ3n) is 8.96. The zero-order chi connectivity index (χ0) is 35.0. The molecule has 0 bridgehead atoms. The van der Waals surface area contributed by atoms with Crippen LogP contribution in [0.1, 0.15) is 45.9 Å². The monoisotopic (exact) mass is 721 g/mol. The van der Waals surface area contributed by atoms with Crippen LogP contribution in [0.25, 0.3) is 10.6 Å². The number of furan rings is 1. The molecule has 2 aromatic heterocycles. The van der Waals surface area contributed by atoms with E-state index in [1.807, 2.05) is 121 Å². The van der Waals surface area contributed by atoms with E-state index in [2.05, 4.69) is 11.1 Å². The summed E-state index contributed by atoms with van der Waals surface area (Å²) in [4.78, 5) is 5.61. The van der Waals surface area contributed by atoms with Crippen molar-refractivity contribution >= 4 is 22.9 Å². The van der Waals surface area contributed by atoms with E-state index >= 15 is 0 Å². The molecular formula is C42H40ClNO6S. The average Bonchev–Trinajstić information content (AvgIpc) is 3.87. The maximum atomic E-state index is 11.2. The van der Waals surface area contributed by atoms with Gasteiger partial charge >= 0.3 is 0 Å². The fraction of sp³-hybridized carbons (Fsp3) is 0.262. The number of ether oxygens (including phenoxy) is 4. The molecule has 1 saturated heterocycles. The highest BCUT2D eigenvalue weighted by molar-refractivity contribution is 7.15. The molecule has 7 rings (SSSR count). The molecule has 0 radical (unpaired) electrons. The third kappa shape index (κ3) is 8.86. The first-order valence-electron chi connectivity index (χ1n) is 17.1. The van der Waals surface area contributed by atoms with E-state index in [1.165, 1.54) is 0 Å². The maximum Gasteiger partial charge on any atom is 0.145 e. The minimum absolute atomic E-state index is 0.318. The van der Waals surface area contributed by atoms with Gasteiger partial charge in [0, 0.05) is 17.6 Å². The number of rotatable bonds is 14. The summed E-state index contributed by atoms with van der Waals surface area (Å²) in [5.74, 6) is 0.780. The molecule has 9 heteroatoms. The smallest absolute Gasteiger partial charge is 0.145 e. The lowest BCUT2D eigenvalue weighted by atomic mass is 9.88.